The van der Waals surface area contributed by atoms with Crippen molar-refractivity contribution >= 4 is 27.6 Å². The van der Waals surface area contributed by atoms with Crippen LogP contribution in [0.5, 0.6) is 0 Å². The zero-order valence-corrected chi connectivity index (χ0v) is 11.2. The normalized spacial score (nSPS) is 18.9. The largest absolute Gasteiger partial charge is 0.481 e. The van der Waals surface area contributed by atoms with Crippen molar-refractivity contribution in [3.63, 3.8) is 0 Å². The summed E-state index contributed by atoms with van der Waals surface area (Å²) in [6.45, 7) is 0. The molecule has 1 saturated carbocycles. The summed E-state index contributed by atoms with van der Waals surface area (Å²) in [6, 6.07) is 5.51. The lowest BCUT2D eigenvalue weighted by molar-refractivity contribution is -0.145. The smallest absolute Gasteiger partial charge is 0.314 e. The Morgan fingerprint density at radius 2 is 1.94 bits per heavy atom. The van der Waals surface area contributed by atoms with Gasteiger partial charge in [0.15, 0.2) is 0 Å². The molecule has 0 aromatic heterocycles. The highest BCUT2D eigenvalue weighted by atomic mass is 79.9. The highest BCUT2D eigenvalue weighted by molar-refractivity contribution is 9.10. The van der Waals surface area contributed by atoms with E-state index in [4.69, 9.17) is 5.73 Å². The molecule has 0 aliphatic heterocycles. The average Bonchev–Trinajstić information content (AvgIpc) is 2.33. The van der Waals surface area contributed by atoms with Gasteiger partial charge in [0.1, 0.15) is 0 Å². The molecule has 1 aliphatic rings. The van der Waals surface area contributed by atoms with Crippen molar-refractivity contribution in [2.75, 3.05) is 5.73 Å². The summed E-state index contributed by atoms with van der Waals surface area (Å²) < 4.78 is 0.817. The van der Waals surface area contributed by atoms with Crippen LogP contribution in [0.3, 0.4) is 0 Å². The highest BCUT2D eigenvalue weighted by Gasteiger charge is 2.41. The molecule has 0 saturated heterocycles. The fourth-order valence-electron chi connectivity index (χ4n) is 2.62. The van der Waals surface area contributed by atoms with Gasteiger partial charge in [-0.05, 0) is 46.5 Å². The van der Waals surface area contributed by atoms with Crippen LogP contribution in [0, 0.1) is 0 Å². The molecule has 0 spiro atoms. The monoisotopic (exact) mass is 297 g/mol. The quantitative estimate of drug-likeness (QED) is 0.823. The Hall–Kier alpha value is -1.03. The third kappa shape index (κ3) is 2.18. The SMILES string of the molecule is Nc1cc(C2(C(=O)O)CCCCC2)ccc1Br. The molecule has 0 bridgehead atoms. The van der Waals surface area contributed by atoms with E-state index in [1.165, 1.54) is 0 Å². The number of anilines is 1. The lowest BCUT2D eigenvalue weighted by Gasteiger charge is -2.33. The summed E-state index contributed by atoms with van der Waals surface area (Å²) in [5.41, 5.74) is 6.56. The number of nitrogens with two attached hydrogens (primary N) is 1. The Morgan fingerprint density at radius 1 is 1.29 bits per heavy atom. The second-order valence-corrected chi connectivity index (χ2v) is 5.54. The number of aliphatic carboxylic acids is 1. The summed E-state index contributed by atoms with van der Waals surface area (Å²) >= 11 is 3.34. The van der Waals surface area contributed by atoms with Gasteiger partial charge in [-0.15, -0.1) is 0 Å². The molecule has 1 aromatic rings. The second kappa shape index (κ2) is 4.69. The number of carboxylic acid groups (broad SMARTS) is 1. The standard InChI is InChI=1S/C13H16BrNO2/c14-10-5-4-9(8-11(10)15)13(12(16)17)6-2-1-3-7-13/h4-5,8H,1-3,6-7,15H2,(H,16,17). The lowest BCUT2D eigenvalue weighted by atomic mass is 9.69. The molecule has 0 radical (unpaired) electrons. The van der Waals surface area contributed by atoms with Crippen molar-refractivity contribution in [1.82, 2.24) is 0 Å². The van der Waals surface area contributed by atoms with Gasteiger partial charge in [-0.25, -0.2) is 0 Å². The molecule has 0 atom stereocenters. The highest BCUT2D eigenvalue weighted by Crippen LogP contribution is 2.41. The Balaban J connectivity index is 2.45. The number of hydrogen-bond acceptors (Lipinski definition) is 2. The van der Waals surface area contributed by atoms with Crippen molar-refractivity contribution < 1.29 is 9.90 Å². The number of benzene rings is 1. The van der Waals surface area contributed by atoms with E-state index in [1.54, 1.807) is 6.07 Å². The molecular weight excluding hydrogens is 282 g/mol. The number of hydrogen-bond donors (Lipinski definition) is 2. The Morgan fingerprint density at radius 3 is 2.47 bits per heavy atom. The van der Waals surface area contributed by atoms with Crippen LogP contribution in [0.2, 0.25) is 0 Å². The molecule has 0 amide bonds. The van der Waals surface area contributed by atoms with Gasteiger partial charge >= 0.3 is 5.97 Å². The van der Waals surface area contributed by atoms with Gasteiger partial charge in [-0.1, -0.05) is 25.3 Å². The van der Waals surface area contributed by atoms with E-state index >= 15 is 0 Å². The molecule has 3 nitrogen and oxygen atoms in total. The maximum atomic E-state index is 11.6. The van der Waals surface area contributed by atoms with Crippen molar-refractivity contribution in [3.05, 3.63) is 28.2 Å². The van der Waals surface area contributed by atoms with Crippen LogP contribution in [0.15, 0.2) is 22.7 Å². The minimum atomic E-state index is -0.729. The predicted octanol–water partition coefficient (Wildman–Crippen LogP) is 3.32. The average molecular weight is 298 g/mol. The van der Waals surface area contributed by atoms with Gasteiger partial charge in [0.25, 0.3) is 0 Å². The lowest BCUT2D eigenvalue weighted by Crippen LogP contribution is -2.37. The fourth-order valence-corrected chi connectivity index (χ4v) is 2.87. The van der Waals surface area contributed by atoms with Crippen molar-refractivity contribution in [1.29, 1.82) is 0 Å². The molecule has 2 rings (SSSR count). The number of halogens is 1. The van der Waals surface area contributed by atoms with Crippen LogP contribution in [0.25, 0.3) is 0 Å². The van der Waals surface area contributed by atoms with E-state index in [0.29, 0.717) is 18.5 Å². The van der Waals surface area contributed by atoms with Crippen LogP contribution in [0.4, 0.5) is 5.69 Å². The minimum Gasteiger partial charge on any atom is -0.481 e. The molecule has 4 heteroatoms. The number of rotatable bonds is 2. The maximum Gasteiger partial charge on any atom is 0.314 e. The molecule has 1 fully saturated rings. The first-order chi connectivity index (χ1) is 8.06. The second-order valence-electron chi connectivity index (χ2n) is 4.68. The van der Waals surface area contributed by atoms with Crippen LogP contribution in [-0.4, -0.2) is 11.1 Å². The predicted molar refractivity (Wildman–Crippen MR) is 71.0 cm³/mol. The number of nitrogen functional groups attached to an aromatic ring is 1. The third-order valence-electron chi connectivity index (χ3n) is 3.67. The summed E-state index contributed by atoms with van der Waals surface area (Å²) in [5, 5.41) is 9.55. The molecule has 1 aromatic carbocycles. The topological polar surface area (TPSA) is 63.3 Å². The summed E-state index contributed by atoms with van der Waals surface area (Å²) in [6.07, 6.45) is 4.50. The van der Waals surface area contributed by atoms with E-state index in [-0.39, 0.29) is 0 Å². The maximum absolute atomic E-state index is 11.6. The zero-order chi connectivity index (χ0) is 12.5. The van der Waals surface area contributed by atoms with Gasteiger partial charge in [0.05, 0.1) is 5.41 Å². The van der Waals surface area contributed by atoms with Crippen LogP contribution < -0.4 is 5.73 Å². The third-order valence-corrected chi connectivity index (χ3v) is 4.39. The number of carbonyl (C=O) groups is 1. The Bertz CT molecular complexity index is 439. The Labute approximate surface area is 109 Å². The first-order valence-corrected chi connectivity index (χ1v) is 6.64. The van der Waals surface area contributed by atoms with Crippen molar-refractivity contribution in [2.45, 2.75) is 37.5 Å². The van der Waals surface area contributed by atoms with Gasteiger partial charge < -0.3 is 10.8 Å². The van der Waals surface area contributed by atoms with Crippen LogP contribution >= 0.6 is 15.9 Å². The summed E-state index contributed by atoms with van der Waals surface area (Å²) in [5.74, 6) is -0.723. The molecular formula is C13H16BrNO2. The van der Waals surface area contributed by atoms with Gasteiger partial charge in [-0.3, -0.25) is 4.79 Å². The summed E-state index contributed by atoms with van der Waals surface area (Å²) in [4.78, 5) is 11.6. The zero-order valence-electron chi connectivity index (χ0n) is 9.58. The van der Waals surface area contributed by atoms with Crippen LogP contribution in [-0.2, 0) is 10.2 Å². The first kappa shape index (κ1) is 12.4. The summed E-state index contributed by atoms with van der Waals surface area (Å²) in [7, 11) is 0. The van der Waals surface area contributed by atoms with Crippen molar-refractivity contribution in [3.8, 4) is 0 Å². The molecule has 92 valence electrons. The minimum absolute atomic E-state index is 0.605. The van der Waals surface area contributed by atoms with Crippen molar-refractivity contribution in [2.24, 2.45) is 0 Å². The molecule has 0 heterocycles. The van der Waals surface area contributed by atoms with E-state index in [1.807, 2.05) is 12.1 Å². The Kier molecular flexibility index (Phi) is 3.43. The van der Waals surface area contributed by atoms with E-state index < -0.39 is 11.4 Å². The fraction of sp³-hybridized carbons (Fsp3) is 0.462. The molecule has 1 aliphatic carbocycles. The van der Waals surface area contributed by atoms with E-state index in [0.717, 1.165) is 29.3 Å². The molecule has 0 unspecified atom stereocenters. The first-order valence-electron chi connectivity index (χ1n) is 5.85. The van der Waals surface area contributed by atoms with Gasteiger partial charge in [0, 0.05) is 10.2 Å². The van der Waals surface area contributed by atoms with E-state index in [2.05, 4.69) is 15.9 Å². The van der Waals surface area contributed by atoms with Gasteiger partial charge in [0.2, 0.25) is 0 Å². The van der Waals surface area contributed by atoms with Crippen LogP contribution in [0.1, 0.15) is 37.7 Å². The molecule has 17 heavy (non-hydrogen) atoms. The number of carboxylic acids is 1. The van der Waals surface area contributed by atoms with Gasteiger partial charge in [-0.2, -0.15) is 0 Å². The molecule has 3 N–H and O–H groups in total. The van der Waals surface area contributed by atoms with E-state index in [9.17, 15) is 9.90 Å².